The second-order valence-corrected chi connectivity index (χ2v) is 9.21. The number of amides is 1. The molecule has 1 heterocycles. The number of halogens is 4. The first-order valence-electron chi connectivity index (χ1n) is 10.7. The second-order valence-electron chi connectivity index (χ2n) is 8.40. The summed E-state index contributed by atoms with van der Waals surface area (Å²) in [7, 11) is 1.34. The highest BCUT2D eigenvalue weighted by Crippen LogP contribution is 2.38. The molecule has 1 saturated carbocycles. The highest BCUT2D eigenvalue weighted by atomic mass is 35.5. The van der Waals surface area contributed by atoms with Crippen LogP contribution in [-0.2, 0) is 11.2 Å². The number of ether oxygens (including phenoxy) is 1. The third kappa shape index (κ3) is 4.54. The van der Waals surface area contributed by atoms with E-state index in [0.717, 1.165) is 37.9 Å². The van der Waals surface area contributed by atoms with E-state index in [1.807, 2.05) is 4.90 Å². The molecule has 1 aliphatic carbocycles. The van der Waals surface area contributed by atoms with Gasteiger partial charge in [0, 0.05) is 40.7 Å². The van der Waals surface area contributed by atoms with Crippen LogP contribution in [0.5, 0.6) is 5.75 Å². The number of hydrogen-bond donors (Lipinski definition) is 0. The maximum absolute atomic E-state index is 14.5. The van der Waals surface area contributed by atoms with Crippen LogP contribution < -0.4 is 4.74 Å². The molecule has 1 unspecified atom stereocenters. The normalized spacial score (nSPS) is 19.8. The lowest BCUT2D eigenvalue weighted by molar-refractivity contribution is -0.133. The highest BCUT2D eigenvalue weighted by molar-refractivity contribution is 6.36. The zero-order valence-electron chi connectivity index (χ0n) is 17.4. The van der Waals surface area contributed by atoms with Crippen molar-refractivity contribution < 1.29 is 18.3 Å². The average Bonchev–Trinajstić information content (AvgIpc) is 3.11. The van der Waals surface area contributed by atoms with E-state index >= 15 is 0 Å². The fourth-order valence-corrected chi connectivity index (χ4v) is 5.48. The summed E-state index contributed by atoms with van der Waals surface area (Å²) in [5.41, 5.74) is 0.680. The van der Waals surface area contributed by atoms with E-state index in [0.29, 0.717) is 28.1 Å². The quantitative estimate of drug-likeness (QED) is 0.491. The van der Waals surface area contributed by atoms with E-state index in [4.69, 9.17) is 27.9 Å². The smallest absolute Gasteiger partial charge is 0.226 e. The summed E-state index contributed by atoms with van der Waals surface area (Å²) < 4.78 is 33.9. The Balaban J connectivity index is 1.56. The monoisotopic (exact) mass is 467 g/mol. The Morgan fingerprint density at radius 3 is 2.19 bits per heavy atom. The Hall–Kier alpha value is -1.85. The van der Waals surface area contributed by atoms with Gasteiger partial charge in [0.15, 0.2) is 0 Å². The standard InChI is InChI=1S/C24H25Cl2F2NO2/c1-31-17-12-21(27)23(22(28)13-17)15-10-19(25)18(20(26)11-15)9-14-7-8-29(24(14)30)16-5-3-2-4-6-16/h10-14,16H,2-9H2,1H3. The van der Waals surface area contributed by atoms with E-state index in [1.54, 1.807) is 0 Å². The molecule has 1 atom stereocenters. The molecule has 2 aliphatic rings. The SMILES string of the molecule is COc1cc(F)c(-c2cc(Cl)c(CC3CCN(C4CCCCC4)C3=O)c(Cl)c2)c(F)c1. The lowest BCUT2D eigenvalue weighted by atomic mass is 9.93. The fourth-order valence-electron chi connectivity index (χ4n) is 4.84. The van der Waals surface area contributed by atoms with Crippen molar-refractivity contribution in [2.24, 2.45) is 5.92 Å². The van der Waals surface area contributed by atoms with E-state index in [-0.39, 0.29) is 28.7 Å². The molecular weight excluding hydrogens is 443 g/mol. The molecule has 2 aromatic rings. The minimum atomic E-state index is -0.758. The molecular formula is C24H25Cl2F2NO2. The van der Waals surface area contributed by atoms with Crippen LogP contribution in [0.4, 0.5) is 8.78 Å². The summed E-state index contributed by atoms with van der Waals surface area (Å²) >= 11 is 13.0. The van der Waals surface area contributed by atoms with Crippen molar-refractivity contribution in [3.05, 3.63) is 51.5 Å². The van der Waals surface area contributed by atoms with Crippen LogP contribution in [0, 0.1) is 17.6 Å². The average molecular weight is 468 g/mol. The topological polar surface area (TPSA) is 29.5 Å². The van der Waals surface area contributed by atoms with Crippen LogP contribution in [0.1, 0.15) is 44.1 Å². The van der Waals surface area contributed by atoms with Gasteiger partial charge in [0.2, 0.25) is 5.91 Å². The number of methoxy groups -OCH3 is 1. The molecule has 2 fully saturated rings. The zero-order valence-corrected chi connectivity index (χ0v) is 18.9. The minimum Gasteiger partial charge on any atom is -0.497 e. The second kappa shape index (κ2) is 9.33. The van der Waals surface area contributed by atoms with Crippen LogP contribution in [0.25, 0.3) is 11.1 Å². The van der Waals surface area contributed by atoms with Crippen molar-refractivity contribution in [2.75, 3.05) is 13.7 Å². The van der Waals surface area contributed by atoms with Gasteiger partial charge < -0.3 is 9.64 Å². The molecule has 0 radical (unpaired) electrons. The number of carbonyl (C=O) groups is 1. The number of hydrogen-bond acceptors (Lipinski definition) is 2. The van der Waals surface area contributed by atoms with Crippen molar-refractivity contribution in [3.8, 4) is 16.9 Å². The summed E-state index contributed by atoms with van der Waals surface area (Å²) in [5, 5.41) is 0.613. The van der Waals surface area contributed by atoms with Gasteiger partial charge in [-0.3, -0.25) is 4.79 Å². The molecule has 31 heavy (non-hydrogen) atoms. The molecule has 0 N–H and O–H groups in total. The van der Waals surface area contributed by atoms with Crippen molar-refractivity contribution in [3.63, 3.8) is 0 Å². The van der Waals surface area contributed by atoms with E-state index in [9.17, 15) is 13.6 Å². The predicted octanol–water partition coefficient (Wildman–Crippen LogP) is 6.67. The van der Waals surface area contributed by atoms with Crippen molar-refractivity contribution >= 4 is 29.1 Å². The summed E-state index contributed by atoms with van der Waals surface area (Å²) in [6.07, 6.45) is 6.95. The molecule has 1 amide bonds. The first kappa shape index (κ1) is 22.3. The summed E-state index contributed by atoms with van der Waals surface area (Å²) in [4.78, 5) is 15.0. The van der Waals surface area contributed by atoms with Crippen molar-refractivity contribution in [2.45, 2.75) is 51.0 Å². The molecule has 166 valence electrons. The number of likely N-dealkylation sites (tertiary alicyclic amines) is 1. The molecule has 2 aromatic carbocycles. The minimum absolute atomic E-state index is 0.0924. The first-order chi connectivity index (χ1) is 14.9. The van der Waals surface area contributed by atoms with Crippen LogP contribution in [0.3, 0.4) is 0 Å². The Morgan fingerprint density at radius 1 is 1.00 bits per heavy atom. The molecule has 7 heteroatoms. The molecule has 3 nitrogen and oxygen atoms in total. The number of nitrogens with zero attached hydrogens (tertiary/aromatic N) is 1. The summed E-state index contributed by atoms with van der Waals surface area (Å²) in [5.74, 6) is -1.43. The van der Waals surface area contributed by atoms with Gasteiger partial charge in [-0.05, 0) is 48.9 Å². The maximum Gasteiger partial charge on any atom is 0.226 e. The van der Waals surface area contributed by atoms with Crippen LogP contribution >= 0.6 is 23.2 Å². The Labute approximate surface area is 191 Å². The molecule has 4 rings (SSSR count). The Morgan fingerprint density at radius 2 is 1.61 bits per heavy atom. The molecule has 0 aromatic heterocycles. The van der Waals surface area contributed by atoms with Crippen molar-refractivity contribution in [1.82, 2.24) is 4.90 Å². The Bertz CT molecular complexity index is 946. The third-order valence-electron chi connectivity index (χ3n) is 6.50. The fraction of sp³-hybridized carbons (Fsp3) is 0.458. The van der Waals surface area contributed by atoms with Crippen LogP contribution in [-0.4, -0.2) is 30.5 Å². The molecule has 1 aliphatic heterocycles. The molecule has 0 spiro atoms. The Kier molecular flexibility index (Phi) is 6.73. The summed E-state index contributed by atoms with van der Waals surface area (Å²) in [6, 6.07) is 5.60. The lowest BCUT2D eigenvalue weighted by Crippen LogP contribution is -2.39. The predicted molar refractivity (Wildman–Crippen MR) is 119 cm³/mol. The number of rotatable bonds is 5. The maximum atomic E-state index is 14.5. The van der Waals surface area contributed by atoms with Gasteiger partial charge in [-0.1, -0.05) is 42.5 Å². The number of benzene rings is 2. The van der Waals surface area contributed by atoms with Gasteiger partial charge in [0.05, 0.1) is 12.7 Å². The first-order valence-corrected chi connectivity index (χ1v) is 11.5. The van der Waals surface area contributed by atoms with E-state index in [2.05, 4.69) is 0 Å². The van der Waals surface area contributed by atoms with Gasteiger partial charge in [0.25, 0.3) is 0 Å². The molecule has 1 saturated heterocycles. The van der Waals surface area contributed by atoms with Gasteiger partial charge >= 0.3 is 0 Å². The highest BCUT2D eigenvalue weighted by Gasteiger charge is 2.36. The molecule has 0 bridgehead atoms. The third-order valence-corrected chi connectivity index (χ3v) is 7.17. The van der Waals surface area contributed by atoms with Gasteiger partial charge in [-0.2, -0.15) is 0 Å². The zero-order chi connectivity index (χ0) is 22.1. The summed E-state index contributed by atoms with van der Waals surface area (Å²) in [6.45, 7) is 0.768. The van der Waals surface area contributed by atoms with Gasteiger partial charge in [0.1, 0.15) is 17.4 Å². The lowest BCUT2D eigenvalue weighted by Gasteiger charge is -2.31. The van der Waals surface area contributed by atoms with Gasteiger partial charge in [-0.25, -0.2) is 8.78 Å². The van der Waals surface area contributed by atoms with E-state index < -0.39 is 11.6 Å². The van der Waals surface area contributed by atoms with Crippen LogP contribution in [0.15, 0.2) is 24.3 Å². The van der Waals surface area contributed by atoms with Crippen LogP contribution in [0.2, 0.25) is 10.0 Å². The van der Waals surface area contributed by atoms with E-state index in [1.165, 1.54) is 38.5 Å². The number of carbonyl (C=O) groups excluding carboxylic acids is 1. The van der Waals surface area contributed by atoms with Crippen molar-refractivity contribution in [1.29, 1.82) is 0 Å². The van der Waals surface area contributed by atoms with Gasteiger partial charge in [-0.15, -0.1) is 0 Å². The largest absolute Gasteiger partial charge is 0.497 e.